The second-order valence-electron chi connectivity index (χ2n) is 6.73. The number of halogens is 2. The summed E-state index contributed by atoms with van der Waals surface area (Å²) in [5.74, 6) is -0.280. The maximum Gasteiger partial charge on any atom is 0.343 e. The highest BCUT2D eigenvalue weighted by Gasteiger charge is 2.23. The molecular weight excluding hydrogens is 457 g/mol. The fourth-order valence-corrected chi connectivity index (χ4v) is 3.46. The number of methoxy groups -OCH3 is 2. The van der Waals surface area contributed by atoms with Crippen molar-refractivity contribution in [2.75, 3.05) is 26.1 Å². The molecule has 1 amide bonds. The van der Waals surface area contributed by atoms with Gasteiger partial charge in [0, 0.05) is 28.9 Å². The molecule has 0 spiro atoms. The van der Waals surface area contributed by atoms with Crippen LogP contribution in [0.1, 0.15) is 21.6 Å². The van der Waals surface area contributed by atoms with Crippen molar-refractivity contribution in [1.29, 1.82) is 0 Å². The summed E-state index contributed by atoms with van der Waals surface area (Å²) < 4.78 is 16.9. The van der Waals surface area contributed by atoms with Gasteiger partial charge in [-0.2, -0.15) is 5.10 Å². The zero-order valence-corrected chi connectivity index (χ0v) is 19.2. The number of carbonyl (C=O) groups is 2. The number of ether oxygens (including phenoxy) is 3. The summed E-state index contributed by atoms with van der Waals surface area (Å²) in [5.41, 5.74) is 1.70. The maximum atomic E-state index is 12.6. The highest BCUT2D eigenvalue weighted by atomic mass is 35.5. The standard InChI is InChI=1S/C22H21Cl2N3O5/c1-13-20(21(24)27(26-13)11-14-6-4-5-7-18(14)23)22(29)32-12-19(28)25-15-8-16(30-2)10-17(9-15)31-3/h4-10H,11-12H2,1-3H3,(H,25,28). The molecule has 0 saturated carbocycles. The first kappa shape index (κ1) is 23.4. The maximum absolute atomic E-state index is 12.6. The molecule has 8 nitrogen and oxygen atoms in total. The van der Waals surface area contributed by atoms with E-state index in [1.54, 1.807) is 31.2 Å². The van der Waals surface area contributed by atoms with Crippen LogP contribution in [0, 0.1) is 6.92 Å². The molecule has 0 radical (unpaired) electrons. The molecule has 1 heterocycles. The predicted molar refractivity (Wildman–Crippen MR) is 121 cm³/mol. The lowest BCUT2D eigenvalue weighted by molar-refractivity contribution is -0.119. The van der Waals surface area contributed by atoms with Crippen LogP contribution in [0.4, 0.5) is 5.69 Å². The van der Waals surface area contributed by atoms with Crippen LogP contribution in [0.3, 0.4) is 0 Å². The van der Waals surface area contributed by atoms with Gasteiger partial charge in [0.25, 0.3) is 5.91 Å². The monoisotopic (exact) mass is 477 g/mol. The SMILES string of the molecule is COc1cc(NC(=O)COC(=O)c2c(C)nn(Cc3ccccc3Cl)c2Cl)cc(OC)c1. The largest absolute Gasteiger partial charge is 0.497 e. The molecule has 0 fully saturated rings. The van der Waals surface area contributed by atoms with Gasteiger partial charge in [-0.15, -0.1) is 0 Å². The molecule has 0 bridgehead atoms. The minimum absolute atomic E-state index is 0.0922. The van der Waals surface area contributed by atoms with E-state index in [0.29, 0.717) is 27.9 Å². The third-order valence-corrected chi connectivity index (χ3v) is 5.27. The van der Waals surface area contributed by atoms with Crippen LogP contribution in [0.15, 0.2) is 42.5 Å². The average molecular weight is 478 g/mol. The van der Waals surface area contributed by atoms with E-state index in [1.807, 2.05) is 18.2 Å². The van der Waals surface area contributed by atoms with Crippen molar-refractivity contribution < 1.29 is 23.8 Å². The number of benzene rings is 2. The molecule has 0 aliphatic heterocycles. The Morgan fingerprint density at radius 1 is 1.06 bits per heavy atom. The molecule has 0 unspecified atom stereocenters. The smallest absolute Gasteiger partial charge is 0.343 e. The highest BCUT2D eigenvalue weighted by molar-refractivity contribution is 6.33. The summed E-state index contributed by atoms with van der Waals surface area (Å²) >= 11 is 12.6. The Kier molecular flexibility index (Phi) is 7.61. The lowest BCUT2D eigenvalue weighted by atomic mass is 10.2. The van der Waals surface area contributed by atoms with E-state index in [4.69, 9.17) is 37.4 Å². The van der Waals surface area contributed by atoms with Gasteiger partial charge in [0.15, 0.2) is 6.61 Å². The van der Waals surface area contributed by atoms with Crippen molar-refractivity contribution in [3.05, 3.63) is 69.5 Å². The molecule has 2 aromatic carbocycles. The predicted octanol–water partition coefficient (Wildman–Crippen LogP) is 4.36. The molecule has 3 rings (SSSR count). The van der Waals surface area contributed by atoms with Gasteiger partial charge in [-0.25, -0.2) is 9.48 Å². The summed E-state index contributed by atoms with van der Waals surface area (Å²) in [6.45, 7) is 1.41. The van der Waals surface area contributed by atoms with Crippen LogP contribution < -0.4 is 14.8 Å². The lowest BCUT2D eigenvalue weighted by Gasteiger charge is -2.10. The second kappa shape index (κ2) is 10.4. The van der Waals surface area contributed by atoms with Crippen molar-refractivity contribution in [1.82, 2.24) is 9.78 Å². The van der Waals surface area contributed by atoms with Gasteiger partial charge in [-0.1, -0.05) is 41.4 Å². The van der Waals surface area contributed by atoms with E-state index in [2.05, 4.69) is 10.4 Å². The Morgan fingerprint density at radius 3 is 2.34 bits per heavy atom. The molecule has 0 aliphatic carbocycles. The fraction of sp³-hybridized carbons (Fsp3) is 0.227. The molecule has 0 atom stereocenters. The number of aromatic nitrogens is 2. The van der Waals surface area contributed by atoms with Crippen molar-refractivity contribution in [2.45, 2.75) is 13.5 Å². The number of rotatable bonds is 8. The summed E-state index contributed by atoms with van der Waals surface area (Å²) in [6, 6.07) is 12.2. The number of nitrogens with one attached hydrogen (secondary N) is 1. The first-order chi connectivity index (χ1) is 15.3. The number of amides is 1. The van der Waals surface area contributed by atoms with Gasteiger partial charge in [0.2, 0.25) is 0 Å². The normalized spacial score (nSPS) is 10.5. The van der Waals surface area contributed by atoms with Gasteiger partial charge in [-0.05, 0) is 18.6 Å². The number of hydrogen-bond donors (Lipinski definition) is 1. The van der Waals surface area contributed by atoms with Crippen LogP contribution >= 0.6 is 23.2 Å². The molecule has 1 N–H and O–H groups in total. The van der Waals surface area contributed by atoms with Crippen LogP contribution in [0.2, 0.25) is 10.2 Å². The first-order valence-corrected chi connectivity index (χ1v) is 10.2. The van der Waals surface area contributed by atoms with E-state index in [1.165, 1.54) is 18.9 Å². The average Bonchev–Trinajstić information content (AvgIpc) is 3.06. The zero-order valence-electron chi connectivity index (χ0n) is 17.6. The molecule has 1 aromatic heterocycles. The fourth-order valence-electron chi connectivity index (χ4n) is 2.96. The number of esters is 1. The minimum atomic E-state index is -0.753. The van der Waals surface area contributed by atoms with Crippen molar-refractivity contribution in [3.63, 3.8) is 0 Å². The molecule has 0 aliphatic rings. The first-order valence-electron chi connectivity index (χ1n) is 9.48. The quantitative estimate of drug-likeness (QED) is 0.484. The Labute approximate surface area is 195 Å². The third kappa shape index (κ3) is 5.52. The Balaban J connectivity index is 1.66. The van der Waals surface area contributed by atoms with Crippen molar-refractivity contribution >= 4 is 40.8 Å². The van der Waals surface area contributed by atoms with E-state index in [-0.39, 0.29) is 17.3 Å². The molecule has 168 valence electrons. The summed E-state index contributed by atoms with van der Waals surface area (Å²) in [4.78, 5) is 24.8. The van der Waals surface area contributed by atoms with E-state index >= 15 is 0 Å². The molecule has 0 saturated heterocycles. The van der Waals surface area contributed by atoms with Gasteiger partial charge in [0.05, 0.1) is 26.5 Å². The van der Waals surface area contributed by atoms with Crippen LogP contribution in [0.5, 0.6) is 11.5 Å². The molecular formula is C22H21Cl2N3O5. The van der Waals surface area contributed by atoms with Gasteiger partial charge in [0.1, 0.15) is 22.2 Å². The zero-order chi connectivity index (χ0) is 23.3. The summed E-state index contributed by atoms with van der Waals surface area (Å²) in [6.07, 6.45) is 0. The second-order valence-corrected chi connectivity index (χ2v) is 7.49. The Morgan fingerprint density at radius 2 is 1.72 bits per heavy atom. The minimum Gasteiger partial charge on any atom is -0.497 e. The van der Waals surface area contributed by atoms with Crippen LogP contribution in [-0.2, 0) is 16.1 Å². The van der Waals surface area contributed by atoms with Gasteiger partial charge >= 0.3 is 5.97 Å². The van der Waals surface area contributed by atoms with Crippen LogP contribution in [0.25, 0.3) is 0 Å². The third-order valence-electron chi connectivity index (χ3n) is 4.52. The lowest BCUT2D eigenvalue weighted by Crippen LogP contribution is -2.21. The Bertz CT molecular complexity index is 1120. The number of aryl methyl sites for hydroxylation is 1. The van der Waals surface area contributed by atoms with E-state index in [0.717, 1.165) is 5.56 Å². The summed E-state index contributed by atoms with van der Waals surface area (Å²) in [5, 5.41) is 7.59. The van der Waals surface area contributed by atoms with E-state index < -0.39 is 18.5 Å². The Hall–Kier alpha value is -3.23. The molecule has 3 aromatic rings. The molecule has 10 heteroatoms. The van der Waals surface area contributed by atoms with Gasteiger partial charge < -0.3 is 19.5 Å². The van der Waals surface area contributed by atoms with Crippen molar-refractivity contribution in [2.24, 2.45) is 0 Å². The molecule has 32 heavy (non-hydrogen) atoms. The number of hydrogen-bond acceptors (Lipinski definition) is 6. The number of nitrogens with zero attached hydrogens (tertiary/aromatic N) is 2. The van der Waals surface area contributed by atoms with Crippen molar-refractivity contribution in [3.8, 4) is 11.5 Å². The number of anilines is 1. The van der Waals surface area contributed by atoms with Crippen LogP contribution in [-0.4, -0.2) is 42.5 Å². The van der Waals surface area contributed by atoms with E-state index in [9.17, 15) is 9.59 Å². The summed E-state index contributed by atoms with van der Waals surface area (Å²) in [7, 11) is 3.00. The van der Waals surface area contributed by atoms with Gasteiger partial charge in [-0.3, -0.25) is 4.79 Å². The topological polar surface area (TPSA) is 91.7 Å². The number of carbonyl (C=O) groups excluding carboxylic acids is 2. The highest BCUT2D eigenvalue weighted by Crippen LogP contribution is 2.26.